The molecule has 1 N–H and O–H groups in total. The lowest BCUT2D eigenvalue weighted by Gasteiger charge is -2.13. The average molecular weight is 332 g/mol. The van der Waals surface area contributed by atoms with Crippen molar-refractivity contribution < 1.29 is 17.9 Å². The molecule has 0 atom stereocenters. The van der Waals surface area contributed by atoms with E-state index in [1.165, 1.54) is 18.2 Å². The molecule has 116 valence electrons. The van der Waals surface area contributed by atoms with Crippen LogP contribution >= 0.6 is 10.7 Å². The number of hydrogen-bond acceptors (Lipinski definition) is 4. The number of hydrogen-bond donors (Lipinski definition) is 1. The molecule has 21 heavy (non-hydrogen) atoms. The molecular weight excluding hydrogens is 314 g/mol. The van der Waals surface area contributed by atoms with E-state index in [4.69, 9.17) is 15.4 Å². The highest BCUT2D eigenvalue weighted by atomic mass is 35.7. The zero-order chi connectivity index (χ0) is 15.7. The lowest BCUT2D eigenvalue weighted by molar-refractivity contribution is 0.0942. The third kappa shape index (κ3) is 4.11. The molecule has 0 saturated heterocycles. The summed E-state index contributed by atoms with van der Waals surface area (Å²) in [5.74, 6) is -0.00578. The van der Waals surface area contributed by atoms with Crippen LogP contribution in [-0.4, -0.2) is 27.5 Å². The Bertz CT molecular complexity index is 653. The highest BCUT2D eigenvalue weighted by Gasteiger charge is 2.37. The zero-order valence-corrected chi connectivity index (χ0v) is 13.6. The van der Waals surface area contributed by atoms with Crippen molar-refractivity contribution >= 4 is 25.6 Å². The van der Waals surface area contributed by atoms with Crippen LogP contribution in [-0.2, 0) is 9.05 Å². The van der Waals surface area contributed by atoms with Crippen molar-refractivity contribution in [2.45, 2.75) is 31.6 Å². The van der Waals surface area contributed by atoms with E-state index in [0.29, 0.717) is 18.9 Å². The molecule has 1 aromatic carbocycles. The number of benzene rings is 1. The van der Waals surface area contributed by atoms with Crippen molar-refractivity contribution in [2.24, 2.45) is 5.41 Å². The monoisotopic (exact) mass is 331 g/mol. The van der Waals surface area contributed by atoms with Gasteiger partial charge in [-0.2, -0.15) is 0 Å². The molecule has 1 amide bonds. The summed E-state index contributed by atoms with van der Waals surface area (Å²) in [7, 11) is 1.44. The third-order valence-electron chi connectivity index (χ3n) is 3.56. The molecule has 1 aromatic rings. The van der Waals surface area contributed by atoms with Gasteiger partial charge in [-0.05, 0) is 43.4 Å². The van der Waals surface area contributed by atoms with Gasteiger partial charge in [0.2, 0.25) is 0 Å². The van der Waals surface area contributed by atoms with Crippen molar-refractivity contribution in [3.8, 4) is 5.75 Å². The smallest absolute Gasteiger partial charge is 0.261 e. The number of ether oxygens (including phenoxy) is 1. The van der Waals surface area contributed by atoms with Gasteiger partial charge in [0, 0.05) is 17.2 Å². The first-order valence-corrected chi connectivity index (χ1v) is 9.06. The summed E-state index contributed by atoms with van der Waals surface area (Å²) in [5.41, 5.74) is 0.347. The summed E-state index contributed by atoms with van der Waals surface area (Å²) in [5, 5.41) is 2.82. The number of halogens is 1. The lowest BCUT2D eigenvalue weighted by atomic mass is 10.1. The number of nitrogens with one attached hydrogen (secondary N) is 1. The van der Waals surface area contributed by atoms with Crippen LogP contribution in [0.25, 0.3) is 0 Å². The van der Waals surface area contributed by atoms with E-state index in [9.17, 15) is 13.2 Å². The minimum atomic E-state index is -3.88. The van der Waals surface area contributed by atoms with Crippen LogP contribution in [0.4, 0.5) is 0 Å². The Morgan fingerprint density at radius 2 is 2.10 bits per heavy atom. The summed E-state index contributed by atoms with van der Waals surface area (Å²) >= 11 is 0. The Morgan fingerprint density at radius 1 is 1.43 bits per heavy atom. The molecule has 0 aliphatic heterocycles. The molecule has 1 saturated carbocycles. The standard InChI is InChI=1S/C14H18ClNO4S/c1-3-20-12-5-4-10(21(15,18)19)8-11(12)13(17)16-9-14(2)6-7-14/h4-5,8H,3,6-7,9H2,1-2H3,(H,16,17). The molecular formula is C14H18ClNO4S. The normalized spacial score (nSPS) is 16.3. The second-order valence-electron chi connectivity index (χ2n) is 5.52. The number of carbonyl (C=O) groups excluding carboxylic acids is 1. The van der Waals surface area contributed by atoms with Gasteiger partial charge < -0.3 is 10.1 Å². The van der Waals surface area contributed by atoms with Gasteiger partial charge in [0.15, 0.2) is 0 Å². The van der Waals surface area contributed by atoms with Crippen molar-refractivity contribution in [1.82, 2.24) is 5.32 Å². The van der Waals surface area contributed by atoms with Gasteiger partial charge in [0.25, 0.3) is 15.0 Å². The largest absolute Gasteiger partial charge is 0.493 e. The van der Waals surface area contributed by atoms with Crippen molar-refractivity contribution in [1.29, 1.82) is 0 Å². The topological polar surface area (TPSA) is 72.5 Å². The van der Waals surface area contributed by atoms with Gasteiger partial charge in [-0.1, -0.05) is 6.92 Å². The zero-order valence-electron chi connectivity index (χ0n) is 12.0. The van der Waals surface area contributed by atoms with Crippen molar-refractivity contribution in [3.63, 3.8) is 0 Å². The number of amides is 1. The predicted molar refractivity (Wildman–Crippen MR) is 80.3 cm³/mol. The second-order valence-corrected chi connectivity index (χ2v) is 8.09. The van der Waals surface area contributed by atoms with Crippen LogP contribution in [0, 0.1) is 5.41 Å². The average Bonchev–Trinajstić information content (AvgIpc) is 3.14. The molecule has 1 fully saturated rings. The van der Waals surface area contributed by atoms with Crippen LogP contribution in [0.5, 0.6) is 5.75 Å². The second kappa shape index (κ2) is 5.85. The molecule has 0 spiro atoms. The quantitative estimate of drug-likeness (QED) is 0.813. The Balaban J connectivity index is 2.26. The maximum atomic E-state index is 12.3. The van der Waals surface area contributed by atoms with E-state index in [1.807, 2.05) is 0 Å². The van der Waals surface area contributed by atoms with Crippen molar-refractivity contribution in [3.05, 3.63) is 23.8 Å². The first-order chi connectivity index (χ1) is 9.75. The van der Waals surface area contributed by atoms with E-state index in [2.05, 4.69) is 12.2 Å². The van der Waals surface area contributed by atoms with E-state index in [-0.39, 0.29) is 21.8 Å². The Hall–Kier alpha value is -1.27. The molecule has 1 aliphatic carbocycles. The summed E-state index contributed by atoms with van der Waals surface area (Å²) in [6, 6.07) is 4.02. The van der Waals surface area contributed by atoms with Gasteiger partial charge in [-0.25, -0.2) is 8.42 Å². The lowest BCUT2D eigenvalue weighted by Crippen LogP contribution is -2.29. The van der Waals surface area contributed by atoms with E-state index < -0.39 is 9.05 Å². The first-order valence-electron chi connectivity index (χ1n) is 6.75. The highest BCUT2D eigenvalue weighted by Crippen LogP contribution is 2.44. The molecule has 0 unspecified atom stereocenters. The summed E-state index contributed by atoms with van der Waals surface area (Å²) < 4.78 is 28.2. The molecule has 7 heteroatoms. The first kappa shape index (κ1) is 16.1. The van der Waals surface area contributed by atoms with Crippen LogP contribution in [0.3, 0.4) is 0 Å². The molecule has 0 aromatic heterocycles. The Morgan fingerprint density at radius 3 is 2.62 bits per heavy atom. The van der Waals surface area contributed by atoms with Crippen LogP contribution < -0.4 is 10.1 Å². The highest BCUT2D eigenvalue weighted by molar-refractivity contribution is 8.13. The van der Waals surface area contributed by atoms with Gasteiger partial charge in [0.1, 0.15) is 5.75 Å². The maximum absolute atomic E-state index is 12.3. The van der Waals surface area contributed by atoms with E-state index in [0.717, 1.165) is 12.8 Å². The Labute approximate surface area is 129 Å². The predicted octanol–water partition coefficient (Wildman–Crippen LogP) is 2.54. The fourth-order valence-electron chi connectivity index (χ4n) is 1.90. The van der Waals surface area contributed by atoms with Gasteiger partial charge in [-0.3, -0.25) is 4.79 Å². The molecule has 2 rings (SSSR count). The molecule has 0 bridgehead atoms. The van der Waals surface area contributed by atoms with E-state index >= 15 is 0 Å². The van der Waals surface area contributed by atoms with Gasteiger partial charge in [-0.15, -0.1) is 0 Å². The SMILES string of the molecule is CCOc1ccc(S(=O)(=O)Cl)cc1C(=O)NCC1(C)CC1. The van der Waals surface area contributed by atoms with Crippen molar-refractivity contribution in [2.75, 3.05) is 13.2 Å². The fraction of sp³-hybridized carbons (Fsp3) is 0.500. The van der Waals surface area contributed by atoms with Crippen LogP contribution in [0.1, 0.15) is 37.0 Å². The fourth-order valence-corrected chi connectivity index (χ4v) is 2.68. The number of rotatable bonds is 6. The maximum Gasteiger partial charge on any atom is 0.261 e. The van der Waals surface area contributed by atoms with Gasteiger partial charge >= 0.3 is 0 Å². The third-order valence-corrected chi connectivity index (χ3v) is 4.91. The van der Waals surface area contributed by atoms with Crippen LogP contribution in [0.2, 0.25) is 0 Å². The molecule has 0 heterocycles. The molecule has 5 nitrogen and oxygen atoms in total. The molecule has 0 radical (unpaired) electrons. The number of carbonyl (C=O) groups is 1. The molecule has 1 aliphatic rings. The van der Waals surface area contributed by atoms with E-state index in [1.54, 1.807) is 6.92 Å². The summed E-state index contributed by atoms with van der Waals surface area (Å²) in [6.07, 6.45) is 2.17. The van der Waals surface area contributed by atoms with Crippen LogP contribution in [0.15, 0.2) is 23.1 Å². The minimum absolute atomic E-state index is 0.115. The summed E-state index contributed by atoms with van der Waals surface area (Å²) in [6.45, 7) is 4.83. The summed E-state index contributed by atoms with van der Waals surface area (Å²) in [4.78, 5) is 12.1. The Kier molecular flexibility index (Phi) is 4.49. The van der Waals surface area contributed by atoms with Gasteiger partial charge in [0.05, 0.1) is 17.1 Å². The minimum Gasteiger partial charge on any atom is -0.493 e.